The molecule has 4 heteroatoms. The Hall–Kier alpha value is -1.24. The molecule has 0 saturated heterocycles. The highest BCUT2D eigenvalue weighted by Gasteiger charge is 1.91. The van der Waals surface area contributed by atoms with Crippen LogP contribution in [-0.2, 0) is 4.79 Å². The Morgan fingerprint density at radius 1 is 2.00 bits per heavy atom. The smallest absolute Gasteiger partial charge is 0.459 e. The Morgan fingerprint density at radius 2 is 2.50 bits per heavy atom. The molecular formula is C2HNO3. The highest BCUT2D eigenvalue weighted by Crippen LogP contribution is 1.56. The van der Waals surface area contributed by atoms with Crippen molar-refractivity contribution in [3.05, 3.63) is 10.2 Å². The second-order valence-electron chi connectivity index (χ2n) is 0.508. The number of hydrogen-bond acceptors (Lipinski definition) is 2. The van der Waals surface area contributed by atoms with Crippen molar-refractivity contribution in [2.75, 3.05) is 0 Å². The molecule has 0 aromatic rings. The Balaban J connectivity index is 3.50. The Labute approximate surface area is 33.4 Å². The molecule has 32 valence electrons. The van der Waals surface area contributed by atoms with Gasteiger partial charge in [-0.15, -0.1) is 0 Å². The van der Waals surface area contributed by atoms with E-state index >= 15 is 0 Å². The first-order chi connectivity index (χ1) is 2.77. The second kappa shape index (κ2) is 2.03. The summed E-state index contributed by atoms with van der Waals surface area (Å²) in [6.07, 6.45) is 0. The SMILES string of the molecule is O=C(O)C#[N+][O-]. The van der Waals surface area contributed by atoms with Gasteiger partial charge >= 0.3 is 12.0 Å². The molecule has 1 N–H and O–H groups in total. The normalized spacial score (nSPS) is 5.33. The molecule has 0 spiro atoms. The quantitative estimate of drug-likeness (QED) is 0.255. The third kappa shape index (κ3) is 2.76. The van der Waals surface area contributed by atoms with Crippen LogP contribution in [0.4, 0.5) is 0 Å². The fraction of sp³-hybridized carbons (Fsp3) is 0. The minimum atomic E-state index is -1.44. The highest BCUT2D eigenvalue weighted by atomic mass is 16.4. The van der Waals surface area contributed by atoms with Crippen molar-refractivity contribution in [1.29, 1.82) is 0 Å². The van der Waals surface area contributed by atoms with Gasteiger partial charge in [0.2, 0.25) is 0 Å². The van der Waals surface area contributed by atoms with E-state index in [4.69, 9.17) is 10.3 Å². The molecule has 0 aromatic carbocycles. The minimum Gasteiger partial charge on any atom is -0.498 e. The first kappa shape index (κ1) is 4.76. The predicted molar refractivity (Wildman–Crippen MR) is 18.2 cm³/mol. The van der Waals surface area contributed by atoms with Crippen LogP contribution in [0.25, 0.3) is 5.01 Å². The summed E-state index contributed by atoms with van der Waals surface area (Å²) < 4.78 is 0. The van der Waals surface area contributed by atoms with E-state index < -0.39 is 5.97 Å². The van der Waals surface area contributed by atoms with Crippen LogP contribution >= 0.6 is 0 Å². The molecule has 0 rings (SSSR count). The van der Waals surface area contributed by atoms with E-state index in [2.05, 4.69) is 0 Å². The summed E-state index contributed by atoms with van der Waals surface area (Å²) in [5, 5.41) is 18.2. The van der Waals surface area contributed by atoms with Crippen molar-refractivity contribution in [2.24, 2.45) is 0 Å². The number of nitrogens with zero attached hydrogens (tertiary/aromatic N) is 1. The number of hydrogen-bond donors (Lipinski definition) is 1. The fourth-order valence-electron chi connectivity index (χ4n) is 0.0390. The van der Waals surface area contributed by atoms with E-state index in [0.29, 0.717) is 0 Å². The summed E-state index contributed by atoms with van der Waals surface area (Å²) in [4.78, 5) is 9.19. The molecule has 0 aliphatic heterocycles. The van der Waals surface area contributed by atoms with Gasteiger partial charge in [-0.1, -0.05) is 0 Å². The van der Waals surface area contributed by atoms with E-state index in [-0.39, 0.29) is 0 Å². The maximum absolute atomic E-state index is 9.19. The van der Waals surface area contributed by atoms with Crippen LogP contribution in [-0.4, -0.2) is 11.1 Å². The van der Waals surface area contributed by atoms with Gasteiger partial charge in [0.25, 0.3) is 0 Å². The summed E-state index contributed by atoms with van der Waals surface area (Å²) >= 11 is 0. The molecular weight excluding hydrogens is 86.0 g/mol. The van der Waals surface area contributed by atoms with Crippen LogP contribution in [0.15, 0.2) is 0 Å². The minimum absolute atomic E-state index is 1.19. The Morgan fingerprint density at radius 3 is 2.50 bits per heavy atom. The second-order valence-corrected chi connectivity index (χ2v) is 0.508. The van der Waals surface area contributed by atoms with Crippen molar-refractivity contribution in [2.45, 2.75) is 0 Å². The molecule has 0 aromatic heterocycles. The average molecular weight is 87.0 g/mol. The van der Waals surface area contributed by atoms with Gasteiger partial charge < -0.3 is 10.3 Å². The van der Waals surface area contributed by atoms with Gasteiger partial charge in [0.1, 0.15) is 0 Å². The molecule has 0 aliphatic rings. The monoisotopic (exact) mass is 87.0 g/mol. The predicted octanol–water partition coefficient (Wildman–Crippen LogP) is -0.0983. The molecule has 0 fully saturated rings. The molecule has 4 nitrogen and oxygen atoms in total. The van der Waals surface area contributed by atoms with E-state index in [9.17, 15) is 4.79 Å². The molecule has 0 bridgehead atoms. The van der Waals surface area contributed by atoms with Crippen LogP contribution in [0, 0.1) is 11.3 Å². The van der Waals surface area contributed by atoms with Gasteiger partial charge in [-0.25, -0.2) is 4.79 Å². The largest absolute Gasteiger partial charge is 0.498 e. The zero-order chi connectivity index (χ0) is 4.99. The lowest BCUT2D eigenvalue weighted by molar-refractivity contribution is -0.130. The zero-order valence-electron chi connectivity index (χ0n) is 2.71. The van der Waals surface area contributed by atoms with Gasteiger partial charge in [0, 0.05) is 5.01 Å². The number of rotatable bonds is 0. The topological polar surface area (TPSA) is 64.7 Å². The fourth-order valence-corrected chi connectivity index (χ4v) is 0.0390. The van der Waals surface area contributed by atoms with Crippen LogP contribution in [0.2, 0.25) is 0 Å². The van der Waals surface area contributed by atoms with Gasteiger partial charge in [-0.2, -0.15) is 0 Å². The van der Waals surface area contributed by atoms with Crippen molar-refractivity contribution in [3.8, 4) is 6.07 Å². The van der Waals surface area contributed by atoms with E-state index in [0.717, 1.165) is 0 Å². The number of aliphatic carboxylic acids is 1. The summed E-state index contributed by atoms with van der Waals surface area (Å²) in [5.41, 5.74) is 0. The van der Waals surface area contributed by atoms with Gasteiger partial charge in [0.15, 0.2) is 0 Å². The van der Waals surface area contributed by atoms with Gasteiger partial charge in [0.05, 0.1) is 0 Å². The first-order valence-corrected chi connectivity index (χ1v) is 1.08. The van der Waals surface area contributed by atoms with E-state index in [1.807, 2.05) is 5.01 Å². The number of carbonyl (C=O) groups is 1. The molecule has 0 atom stereocenters. The maximum atomic E-state index is 9.19. The average Bonchev–Trinajstić information content (AvgIpc) is 1.35. The number of carboxylic acid groups (broad SMARTS) is 1. The lowest BCUT2D eigenvalue weighted by Crippen LogP contribution is -1.84. The van der Waals surface area contributed by atoms with Crippen molar-refractivity contribution >= 4 is 5.97 Å². The van der Waals surface area contributed by atoms with Crippen molar-refractivity contribution < 1.29 is 9.90 Å². The van der Waals surface area contributed by atoms with Crippen LogP contribution in [0.3, 0.4) is 0 Å². The molecule has 0 saturated carbocycles. The third-order valence-electron chi connectivity index (χ3n) is 0.141. The Kier molecular flexibility index (Phi) is 1.61. The van der Waals surface area contributed by atoms with Crippen molar-refractivity contribution in [3.63, 3.8) is 0 Å². The highest BCUT2D eigenvalue weighted by molar-refractivity contribution is 5.85. The molecule has 0 unspecified atom stereocenters. The molecule has 0 radical (unpaired) electrons. The standard InChI is InChI=1S/C2HNO3/c4-2(5)1-3-6/h(H,4,5). The van der Waals surface area contributed by atoms with Crippen LogP contribution in [0.5, 0.6) is 0 Å². The molecule has 6 heavy (non-hydrogen) atoms. The van der Waals surface area contributed by atoms with Gasteiger partial charge in [-0.3, -0.25) is 0 Å². The van der Waals surface area contributed by atoms with Gasteiger partial charge in [-0.05, 0) is 0 Å². The third-order valence-corrected chi connectivity index (χ3v) is 0.141. The maximum Gasteiger partial charge on any atom is 0.459 e. The van der Waals surface area contributed by atoms with E-state index in [1.54, 1.807) is 0 Å². The molecule has 0 heterocycles. The summed E-state index contributed by atoms with van der Waals surface area (Å²) in [7, 11) is 0. The zero-order valence-corrected chi connectivity index (χ0v) is 2.71. The first-order valence-electron chi connectivity index (χ1n) is 1.08. The van der Waals surface area contributed by atoms with Crippen LogP contribution < -0.4 is 0 Å². The number of carboxylic acids is 1. The summed E-state index contributed by atoms with van der Waals surface area (Å²) in [6, 6.07) is 1.19. The summed E-state index contributed by atoms with van der Waals surface area (Å²) in [5.74, 6) is -1.44. The van der Waals surface area contributed by atoms with E-state index in [1.165, 1.54) is 6.07 Å². The summed E-state index contributed by atoms with van der Waals surface area (Å²) in [6.45, 7) is 0. The molecule has 0 amide bonds. The van der Waals surface area contributed by atoms with Crippen molar-refractivity contribution in [1.82, 2.24) is 0 Å². The molecule has 0 aliphatic carbocycles. The lowest BCUT2D eigenvalue weighted by Gasteiger charge is -1.55. The Bertz CT molecular complexity index is 108. The van der Waals surface area contributed by atoms with Crippen LogP contribution in [0.1, 0.15) is 0 Å². The lowest BCUT2D eigenvalue weighted by atomic mass is 10.8.